The van der Waals surface area contributed by atoms with Gasteiger partial charge >= 0.3 is 0 Å². The van der Waals surface area contributed by atoms with Gasteiger partial charge < -0.3 is 14.8 Å². The predicted octanol–water partition coefficient (Wildman–Crippen LogP) is 3.16. The van der Waals surface area contributed by atoms with Crippen LogP contribution in [0.4, 0.5) is 5.69 Å². The van der Waals surface area contributed by atoms with Crippen molar-refractivity contribution in [2.75, 3.05) is 25.0 Å². The van der Waals surface area contributed by atoms with Gasteiger partial charge in [-0.2, -0.15) is 4.31 Å². The molecule has 3 rings (SSSR count). The first-order chi connectivity index (χ1) is 13.8. The highest BCUT2D eigenvalue weighted by molar-refractivity contribution is 7.89. The van der Waals surface area contributed by atoms with Gasteiger partial charge in [0.05, 0.1) is 22.1 Å². The highest BCUT2D eigenvalue weighted by Gasteiger charge is 2.32. The van der Waals surface area contributed by atoms with Gasteiger partial charge in [0.15, 0.2) is 6.61 Å². The number of halogens is 1. The molecule has 0 radical (unpaired) electrons. The summed E-state index contributed by atoms with van der Waals surface area (Å²) in [5.74, 6) is 0.0380. The number of carbonyl (C=O) groups excluding carboxylic acids is 1. The molecule has 0 spiro atoms. The number of nitrogens with zero attached hydrogens (tertiary/aromatic N) is 1. The van der Waals surface area contributed by atoms with E-state index >= 15 is 0 Å². The average molecular weight is 439 g/mol. The monoisotopic (exact) mass is 438 g/mol. The molecule has 0 aliphatic carbocycles. The van der Waals surface area contributed by atoms with E-state index in [1.165, 1.54) is 16.4 Å². The van der Waals surface area contributed by atoms with Crippen molar-refractivity contribution in [1.82, 2.24) is 4.31 Å². The third-order valence-corrected chi connectivity index (χ3v) is 6.52. The van der Waals surface area contributed by atoms with Crippen LogP contribution in [-0.2, 0) is 19.6 Å². The number of carbonyl (C=O) groups is 1. The molecule has 1 heterocycles. The van der Waals surface area contributed by atoms with Crippen molar-refractivity contribution in [3.05, 3.63) is 53.6 Å². The van der Waals surface area contributed by atoms with Gasteiger partial charge in [-0.1, -0.05) is 23.7 Å². The first-order valence-electron chi connectivity index (χ1n) is 9.18. The summed E-state index contributed by atoms with van der Waals surface area (Å²) in [6, 6.07) is 12.9. The lowest BCUT2D eigenvalue weighted by Gasteiger charge is -2.34. The van der Waals surface area contributed by atoms with E-state index in [1.54, 1.807) is 36.4 Å². The Morgan fingerprint density at radius 2 is 1.76 bits per heavy atom. The largest absolute Gasteiger partial charge is 0.482 e. The Bertz CT molecular complexity index is 955. The highest BCUT2D eigenvalue weighted by Crippen LogP contribution is 2.24. The Morgan fingerprint density at radius 1 is 1.14 bits per heavy atom. The fourth-order valence-corrected chi connectivity index (χ4v) is 4.87. The summed E-state index contributed by atoms with van der Waals surface area (Å²) >= 11 is 5.98. The molecule has 9 heteroatoms. The van der Waals surface area contributed by atoms with Crippen molar-refractivity contribution in [2.24, 2.45) is 0 Å². The van der Waals surface area contributed by atoms with Gasteiger partial charge in [0.2, 0.25) is 10.0 Å². The van der Waals surface area contributed by atoms with E-state index in [0.29, 0.717) is 29.5 Å². The second kappa shape index (κ2) is 9.13. The number of anilines is 1. The second-order valence-electron chi connectivity index (χ2n) is 6.87. The minimum absolute atomic E-state index is 0.162. The van der Waals surface area contributed by atoms with Crippen LogP contribution in [0, 0.1) is 0 Å². The lowest BCUT2D eigenvalue weighted by molar-refractivity contribution is -0.118. The summed E-state index contributed by atoms with van der Waals surface area (Å²) < 4.78 is 38.1. The van der Waals surface area contributed by atoms with Crippen LogP contribution in [0.1, 0.15) is 13.8 Å². The smallest absolute Gasteiger partial charge is 0.262 e. The fourth-order valence-electron chi connectivity index (χ4n) is 3.09. The normalized spacial score (nSPS) is 20.2. The van der Waals surface area contributed by atoms with Gasteiger partial charge in [0.1, 0.15) is 5.75 Å². The summed E-state index contributed by atoms with van der Waals surface area (Å²) in [6.07, 6.45) is -0.324. The summed E-state index contributed by atoms with van der Waals surface area (Å²) in [5, 5.41) is 3.09. The zero-order valence-corrected chi connectivity index (χ0v) is 17.7. The number of sulfonamides is 1. The third-order valence-electron chi connectivity index (χ3n) is 4.36. The minimum Gasteiger partial charge on any atom is -0.482 e. The van der Waals surface area contributed by atoms with E-state index in [1.807, 2.05) is 13.8 Å². The van der Waals surface area contributed by atoms with Crippen LogP contribution in [0.5, 0.6) is 5.75 Å². The molecule has 1 N–H and O–H groups in total. The number of amides is 1. The number of hydrogen-bond donors (Lipinski definition) is 1. The molecule has 156 valence electrons. The van der Waals surface area contributed by atoms with E-state index in [-0.39, 0.29) is 29.6 Å². The summed E-state index contributed by atoms with van der Waals surface area (Å²) in [5.41, 5.74) is 0.473. The fraction of sp³-hybridized carbons (Fsp3) is 0.350. The van der Waals surface area contributed by atoms with Crippen LogP contribution in [0.15, 0.2) is 53.4 Å². The first-order valence-corrected chi connectivity index (χ1v) is 11.0. The van der Waals surface area contributed by atoms with Crippen molar-refractivity contribution in [3.63, 3.8) is 0 Å². The van der Waals surface area contributed by atoms with Crippen LogP contribution in [0.2, 0.25) is 5.02 Å². The van der Waals surface area contributed by atoms with E-state index in [0.717, 1.165) is 0 Å². The number of rotatable bonds is 6. The van der Waals surface area contributed by atoms with Crippen molar-refractivity contribution in [2.45, 2.75) is 31.0 Å². The highest BCUT2D eigenvalue weighted by atomic mass is 35.5. The second-order valence-corrected chi connectivity index (χ2v) is 9.22. The van der Waals surface area contributed by atoms with E-state index in [4.69, 9.17) is 21.1 Å². The molecule has 1 aliphatic rings. The number of nitrogens with one attached hydrogen (secondary N) is 1. The Morgan fingerprint density at radius 3 is 2.38 bits per heavy atom. The molecule has 0 saturated carbocycles. The molecule has 1 aliphatic heterocycles. The van der Waals surface area contributed by atoms with Crippen LogP contribution in [0.25, 0.3) is 0 Å². The molecule has 29 heavy (non-hydrogen) atoms. The van der Waals surface area contributed by atoms with Gasteiger partial charge in [-0.05, 0) is 50.2 Å². The summed E-state index contributed by atoms with van der Waals surface area (Å²) in [6.45, 7) is 4.10. The van der Waals surface area contributed by atoms with E-state index in [9.17, 15) is 13.2 Å². The lowest BCUT2D eigenvalue weighted by atomic mass is 10.3. The molecule has 2 aromatic carbocycles. The van der Waals surface area contributed by atoms with E-state index in [2.05, 4.69) is 5.32 Å². The Hall–Kier alpha value is -2.13. The van der Waals surface area contributed by atoms with Gasteiger partial charge in [-0.25, -0.2) is 8.42 Å². The Balaban J connectivity index is 1.61. The number of morpholine rings is 1. The molecule has 0 bridgehead atoms. The summed E-state index contributed by atoms with van der Waals surface area (Å²) in [7, 11) is -3.62. The van der Waals surface area contributed by atoms with Crippen LogP contribution < -0.4 is 10.1 Å². The third kappa shape index (κ3) is 5.48. The maximum Gasteiger partial charge on any atom is 0.262 e. The minimum atomic E-state index is -3.62. The zero-order chi connectivity index (χ0) is 21.0. The average Bonchev–Trinajstić information content (AvgIpc) is 2.67. The predicted molar refractivity (Wildman–Crippen MR) is 111 cm³/mol. The molecular formula is C20H23ClN2O5S. The maximum atomic E-state index is 12.9. The SMILES string of the molecule is C[C@H]1CN(S(=O)(=O)c2ccc(NC(=O)COc3ccccc3Cl)cc2)C[C@H](C)O1. The van der Waals surface area contributed by atoms with Crippen molar-refractivity contribution in [1.29, 1.82) is 0 Å². The molecule has 1 fully saturated rings. The maximum absolute atomic E-state index is 12.9. The van der Waals surface area contributed by atoms with Crippen molar-refractivity contribution in [3.8, 4) is 5.75 Å². The molecule has 0 unspecified atom stereocenters. The quantitative estimate of drug-likeness (QED) is 0.748. The van der Waals surface area contributed by atoms with Crippen molar-refractivity contribution < 1.29 is 22.7 Å². The molecule has 7 nitrogen and oxygen atoms in total. The molecule has 2 atom stereocenters. The van der Waals surface area contributed by atoms with Crippen LogP contribution >= 0.6 is 11.6 Å². The molecular weight excluding hydrogens is 416 g/mol. The van der Waals surface area contributed by atoms with Gasteiger partial charge in [-0.3, -0.25) is 4.79 Å². The van der Waals surface area contributed by atoms with Crippen LogP contribution in [0.3, 0.4) is 0 Å². The van der Waals surface area contributed by atoms with Crippen molar-refractivity contribution >= 4 is 33.2 Å². The number of benzene rings is 2. The Labute approximate surface area is 175 Å². The molecule has 1 saturated heterocycles. The number of para-hydroxylation sites is 1. The van der Waals surface area contributed by atoms with Crippen LogP contribution in [-0.4, -0.2) is 50.5 Å². The van der Waals surface area contributed by atoms with Gasteiger partial charge in [0, 0.05) is 18.8 Å². The lowest BCUT2D eigenvalue weighted by Crippen LogP contribution is -2.48. The van der Waals surface area contributed by atoms with Gasteiger partial charge in [-0.15, -0.1) is 0 Å². The Kier molecular flexibility index (Phi) is 6.79. The topological polar surface area (TPSA) is 84.9 Å². The number of ether oxygens (including phenoxy) is 2. The number of hydrogen-bond acceptors (Lipinski definition) is 5. The van der Waals surface area contributed by atoms with E-state index < -0.39 is 10.0 Å². The zero-order valence-electron chi connectivity index (χ0n) is 16.2. The van der Waals surface area contributed by atoms with Gasteiger partial charge in [0.25, 0.3) is 5.91 Å². The molecule has 2 aromatic rings. The standard InChI is InChI=1S/C20H23ClN2O5S/c1-14-11-23(12-15(2)28-14)29(25,26)17-9-7-16(8-10-17)22-20(24)13-27-19-6-4-3-5-18(19)21/h3-10,14-15H,11-13H2,1-2H3,(H,22,24)/t14-,15-/m0/s1. The molecule has 0 aromatic heterocycles. The summed E-state index contributed by atoms with van der Waals surface area (Å²) in [4.78, 5) is 12.2. The molecule has 1 amide bonds. The first kappa shape index (κ1) is 21.6.